The van der Waals surface area contributed by atoms with E-state index in [1.807, 2.05) is 6.92 Å². The predicted octanol–water partition coefficient (Wildman–Crippen LogP) is 2.41. The number of Topliss-reactive ketones (excluding diaryl/α,β-unsaturated/α-hetero) is 1. The Balaban J connectivity index is 1.91. The Hall–Kier alpha value is -1.59. The zero-order valence-electron chi connectivity index (χ0n) is 14.1. The van der Waals surface area contributed by atoms with Crippen LogP contribution in [0.3, 0.4) is 0 Å². The highest BCUT2D eigenvalue weighted by molar-refractivity contribution is 5.96. The molecule has 3 aliphatic rings. The Morgan fingerprint density at radius 3 is 2.79 bits per heavy atom. The molecule has 4 atom stereocenters. The van der Waals surface area contributed by atoms with Crippen LogP contribution in [-0.4, -0.2) is 33.3 Å². The van der Waals surface area contributed by atoms with Gasteiger partial charge in [0.15, 0.2) is 11.5 Å². The van der Waals surface area contributed by atoms with Gasteiger partial charge in [-0.05, 0) is 44.1 Å². The van der Waals surface area contributed by atoms with Gasteiger partial charge >= 0.3 is 0 Å². The average Bonchev–Trinajstić information content (AvgIpc) is 3.05. The van der Waals surface area contributed by atoms with E-state index in [-0.39, 0.29) is 30.5 Å². The van der Waals surface area contributed by atoms with E-state index in [0.29, 0.717) is 18.4 Å². The molecule has 1 aromatic rings. The number of aliphatic hydroxyl groups is 3. The fourth-order valence-corrected chi connectivity index (χ4v) is 5.91. The largest absolute Gasteiger partial charge is 0.504 e. The maximum Gasteiger partial charge on any atom is 0.197 e. The summed E-state index contributed by atoms with van der Waals surface area (Å²) < 4.78 is 5.41. The number of rotatable bonds is 1. The first-order valence-corrected chi connectivity index (χ1v) is 8.62. The Bertz CT molecular complexity index is 747. The van der Waals surface area contributed by atoms with Gasteiger partial charge in [-0.2, -0.15) is 0 Å². The lowest BCUT2D eigenvalue weighted by Crippen LogP contribution is -2.66. The molecule has 0 spiro atoms. The lowest BCUT2D eigenvalue weighted by Gasteiger charge is -2.63. The van der Waals surface area contributed by atoms with E-state index in [4.69, 9.17) is 4.42 Å². The molecule has 0 aromatic carbocycles. The molecule has 1 saturated carbocycles. The van der Waals surface area contributed by atoms with Crippen LogP contribution >= 0.6 is 0 Å². The third-order valence-corrected chi connectivity index (χ3v) is 7.34. The van der Waals surface area contributed by atoms with Gasteiger partial charge in [-0.15, -0.1) is 0 Å². The minimum absolute atomic E-state index is 0.0290. The summed E-state index contributed by atoms with van der Waals surface area (Å²) in [5.74, 6) is -0.650. The summed E-state index contributed by atoms with van der Waals surface area (Å²) in [4.78, 5) is 12.4. The van der Waals surface area contributed by atoms with Crippen molar-refractivity contribution < 1.29 is 24.5 Å². The summed E-state index contributed by atoms with van der Waals surface area (Å²) in [6, 6.07) is 0. The van der Waals surface area contributed by atoms with E-state index in [1.165, 1.54) is 0 Å². The van der Waals surface area contributed by atoms with Gasteiger partial charge in [0, 0.05) is 28.4 Å². The van der Waals surface area contributed by atoms with Crippen LogP contribution in [0.5, 0.6) is 0 Å². The number of hydrogen-bond acceptors (Lipinski definition) is 5. The molecule has 130 valence electrons. The van der Waals surface area contributed by atoms with Crippen molar-refractivity contribution in [2.45, 2.75) is 57.0 Å². The second kappa shape index (κ2) is 4.73. The van der Waals surface area contributed by atoms with Crippen molar-refractivity contribution in [1.82, 2.24) is 0 Å². The molecule has 3 aliphatic carbocycles. The van der Waals surface area contributed by atoms with E-state index in [1.54, 1.807) is 19.5 Å². The van der Waals surface area contributed by atoms with Crippen molar-refractivity contribution >= 4 is 5.78 Å². The molecular weight excluding hydrogens is 308 g/mol. The number of allylic oxidation sites excluding steroid dienone is 1. The minimum atomic E-state index is -1.21. The Morgan fingerprint density at radius 2 is 2.08 bits per heavy atom. The van der Waals surface area contributed by atoms with Gasteiger partial charge in [-0.25, -0.2) is 0 Å². The SMILES string of the molecule is CC1=C(O)C(=O)C[C@]2(C)[C@H]3CCc4cocc4[C@]3(CO)CC[C@@]12O. The molecule has 1 fully saturated rings. The van der Waals surface area contributed by atoms with Crippen LogP contribution in [0.15, 0.2) is 28.3 Å². The number of hydrogen-bond donors (Lipinski definition) is 3. The van der Waals surface area contributed by atoms with Crippen molar-refractivity contribution in [3.63, 3.8) is 0 Å². The van der Waals surface area contributed by atoms with E-state index >= 15 is 0 Å². The molecule has 3 N–H and O–H groups in total. The fourth-order valence-electron chi connectivity index (χ4n) is 5.91. The summed E-state index contributed by atoms with van der Waals surface area (Å²) in [5, 5.41) is 31.9. The Kier molecular flexibility index (Phi) is 3.14. The number of aryl methyl sites for hydroxylation is 1. The quantitative estimate of drug-likeness (QED) is 0.735. The first kappa shape index (κ1) is 15.9. The molecule has 4 rings (SSSR count). The summed E-state index contributed by atoms with van der Waals surface area (Å²) >= 11 is 0. The van der Waals surface area contributed by atoms with Crippen LogP contribution in [0.2, 0.25) is 0 Å². The zero-order chi connectivity index (χ0) is 17.3. The van der Waals surface area contributed by atoms with Crippen LogP contribution in [0.1, 0.15) is 50.7 Å². The number of carbonyl (C=O) groups is 1. The number of carbonyl (C=O) groups excluding carboxylic acids is 1. The molecule has 5 nitrogen and oxygen atoms in total. The second-order valence-corrected chi connectivity index (χ2v) is 8.07. The highest BCUT2D eigenvalue weighted by Gasteiger charge is 2.66. The third-order valence-electron chi connectivity index (χ3n) is 7.34. The lowest BCUT2D eigenvalue weighted by molar-refractivity contribution is -0.170. The van der Waals surface area contributed by atoms with Gasteiger partial charge in [0.25, 0.3) is 0 Å². The molecule has 0 aliphatic heterocycles. The van der Waals surface area contributed by atoms with E-state index in [2.05, 4.69) is 0 Å². The molecule has 24 heavy (non-hydrogen) atoms. The third kappa shape index (κ3) is 1.60. The Morgan fingerprint density at radius 1 is 1.33 bits per heavy atom. The summed E-state index contributed by atoms with van der Waals surface area (Å²) in [6.07, 6.45) is 6.18. The van der Waals surface area contributed by atoms with Gasteiger partial charge in [-0.3, -0.25) is 4.79 Å². The summed E-state index contributed by atoms with van der Waals surface area (Å²) in [7, 11) is 0. The molecule has 1 heterocycles. The van der Waals surface area contributed by atoms with Crippen LogP contribution in [0, 0.1) is 11.3 Å². The topological polar surface area (TPSA) is 90.9 Å². The fraction of sp³-hybridized carbons (Fsp3) is 0.632. The lowest BCUT2D eigenvalue weighted by atomic mass is 9.42. The van der Waals surface area contributed by atoms with Gasteiger partial charge in [0.05, 0.1) is 24.7 Å². The molecule has 0 unspecified atom stereocenters. The monoisotopic (exact) mass is 332 g/mol. The van der Waals surface area contributed by atoms with Crippen LogP contribution in [0.4, 0.5) is 0 Å². The van der Waals surface area contributed by atoms with Crippen molar-refractivity contribution in [3.05, 3.63) is 35.0 Å². The highest BCUT2D eigenvalue weighted by atomic mass is 16.3. The van der Waals surface area contributed by atoms with Crippen LogP contribution in [0.25, 0.3) is 0 Å². The maximum atomic E-state index is 12.4. The number of aliphatic hydroxyl groups excluding tert-OH is 2. The number of fused-ring (bicyclic) bond motifs is 5. The summed E-state index contributed by atoms with van der Waals surface area (Å²) in [6.45, 7) is 3.57. The molecule has 0 radical (unpaired) electrons. The van der Waals surface area contributed by atoms with Crippen molar-refractivity contribution in [1.29, 1.82) is 0 Å². The number of furan rings is 1. The second-order valence-electron chi connectivity index (χ2n) is 8.07. The van der Waals surface area contributed by atoms with E-state index < -0.39 is 16.4 Å². The normalized spacial score (nSPS) is 41.7. The van der Waals surface area contributed by atoms with Crippen molar-refractivity contribution in [2.75, 3.05) is 6.61 Å². The zero-order valence-corrected chi connectivity index (χ0v) is 14.1. The maximum absolute atomic E-state index is 12.4. The van der Waals surface area contributed by atoms with Crippen LogP contribution in [-0.2, 0) is 16.6 Å². The predicted molar refractivity (Wildman–Crippen MR) is 86.5 cm³/mol. The first-order chi connectivity index (χ1) is 11.3. The van der Waals surface area contributed by atoms with Gasteiger partial charge in [0.1, 0.15) is 0 Å². The minimum Gasteiger partial charge on any atom is -0.504 e. The molecule has 5 heteroatoms. The van der Waals surface area contributed by atoms with Crippen molar-refractivity contribution in [3.8, 4) is 0 Å². The smallest absolute Gasteiger partial charge is 0.197 e. The van der Waals surface area contributed by atoms with Gasteiger partial charge < -0.3 is 19.7 Å². The highest BCUT2D eigenvalue weighted by Crippen LogP contribution is 2.65. The molecular formula is C19H24O5. The van der Waals surface area contributed by atoms with Crippen molar-refractivity contribution in [2.24, 2.45) is 11.3 Å². The molecule has 1 aromatic heterocycles. The van der Waals surface area contributed by atoms with E-state index in [9.17, 15) is 20.1 Å². The summed E-state index contributed by atoms with van der Waals surface area (Å²) in [5.41, 5.74) is 0.104. The van der Waals surface area contributed by atoms with Gasteiger partial charge in [-0.1, -0.05) is 6.92 Å². The number of ketones is 1. The molecule has 0 bridgehead atoms. The first-order valence-electron chi connectivity index (χ1n) is 8.62. The molecule has 0 saturated heterocycles. The Labute approximate surface area is 141 Å². The van der Waals surface area contributed by atoms with E-state index in [0.717, 1.165) is 24.0 Å². The average molecular weight is 332 g/mol. The van der Waals surface area contributed by atoms with Crippen LogP contribution < -0.4 is 0 Å². The standard InChI is InChI=1S/C19H24O5/c1-11-16(22)14(21)7-17(2)15-4-3-12-8-24-9-13(12)18(15,10-20)5-6-19(11,17)23/h8-9,15,20,22-23H,3-7,10H2,1-2H3/t15-,17-,18-,19-/m1/s1. The molecule has 0 amide bonds. The van der Waals surface area contributed by atoms with Gasteiger partial charge in [0.2, 0.25) is 0 Å².